The molecule has 1 fully saturated rings. The Balaban J connectivity index is 1.99. The first kappa shape index (κ1) is 21.5. The van der Waals surface area contributed by atoms with Gasteiger partial charge in [-0.3, -0.25) is 9.36 Å². The van der Waals surface area contributed by atoms with Crippen molar-refractivity contribution in [3.05, 3.63) is 18.2 Å². The monoisotopic (exact) mass is 419 g/mol. The number of hydrogen-bond acceptors (Lipinski definition) is 7. The molecule has 0 N–H and O–H groups in total. The summed E-state index contributed by atoms with van der Waals surface area (Å²) in [6, 6.07) is 6.08. The zero-order chi connectivity index (χ0) is 20.8. The number of hydrogen-bond donors (Lipinski definition) is 0. The molecule has 7 nitrogen and oxygen atoms in total. The van der Waals surface area contributed by atoms with Crippen LogP contribution in [0.25, 0.3) is 11.4 Å². The minimum Gasteiger partial charge on any atom is -0.493 e. The van der Waals surface area contributed by atoms with Crippen molar-refractivity contribution < 1.29 is 19.0 Å². The molecule has 0 bridgehead atoms. The van der Waals surface area contributed by atoms with Gasteiger partial charge >= 0.3 is 5.97 Å². The van der Waals surface area contributed by atoms with Crippen LogP contribution in [-0.4, -0.2) is 46.8 Å². The van der Waals surface area contributed by atoms with Crippen molar-refractivity contribution in [1.29, 1.82) is 0 Å². The van der Waals surface area contributed by atoms with E-state index in [0.29, 0.717) is 24.1 Å². The second-order valence-corrected chi connectivity index (χ2v) is 8.36. The fourth-order valence-corrected chi connectivity index (χ4v) is 4.58. The summed E-state index contributed by atoms with van der Waals surface area (Å²) in [5.41, 5.74) is 0.913. The van der Waals surface area contributed by atoms with E-state index in [9.17, 15) is 4.79 Å². The molecule has 1 aromatic heterocycles. The first-order chi connectivity index (χ1) is 14.1. The van der Waals surface area contributed by atoms with Gasteiger partial charge in [0.1, 0.15) is 5.25 Å². The maximum Gasteiger partial charge on any atom is 0.319 e. The van der Waals surface area contributed by atoms with E-state index in [0.717, 1.165) is 29.4 Å². The highest BCUT2D eigenvalue weighted by atomic mass is 32.2. The average Bonchev–Trinajstić information content (AvgIpc) is 3.17. The second kappa shape index (κ2) is 10.0. The first-order valence-corrected chi connectivity index (χ1v) is 11.0. The van der Waals surface area contributed by atoms with E-state index in [1.807, 2.05) is 32.0 Å². The molecule has 8 heteroatoms. The summed E-state index contributed by atoms with van der Waals surface area (Å²) in [5, 5.41) is 9.34. The minimum absolute atomic E-state index is 0.233. The normalized spacial score (nSPS) is 15.7. The Hall–Kier alpha value is -2.22. The molecule has 0 radical (unpaired) electrons. The third-order valence-corrected chi connectivity index (χ3v) is 6.18. The number of benzene rings is 1. The van der Waals surface area contributed by atoms with E-state index >= 15 is 0 Å². The van der Waals surface area contributed by atoms with Crippen molar-refractivity contribution in [2.45, 2.75) is 62.4 Å². The standard InChI is InChI=1S/C21H29N3O4S/c1-5-28-20(25)14(2)29-21-23-22-19(24(21)16-9-7-6-8-10-16)15-11-12-17(26-3)18(13-15)27-4/h11-14,16H,5-10H2,1-4H3/t14-/m1/s1. The Bertz CT molecular complexity index is 833. The van der Waals surface area contributed by atoms with E-state index in [4.69, 9.17) is 14.2 Å². The maximum atomic E-state index is 12.1. The highest BCUT2D eigenvalue weighted by Gasteiger charge is 2.27. The van der Waals surface area contributed by atoms with Gasteiger partial charge in [-0.15, -0.1) is 10.2 Å². The molecule has 0 unspecified atom stereocenters. The molecule has 1 aliphatic carbocycles. The summed E-state index contributed by atoms with van der Waals surface area (Å²) in [6.45, 7) is 4.03. The lowest BCUT2D eigenvalue weighted by Crippen LogP contribution is -2.19. The Morgan fingerprint density at radius 3 is 2.55 bits per heavy atom. The van der Waals surface area contributed by atoms with Crippen molar-refractivity contribution in [3.8, 4) is 22.9 Å². The molecule has 29 heavy (non-hydrogen) atoms. The van der Waals surface area contributed by atoms with Crippen molar-refractivity contribution in [2.24, 2.45) is 0 Å². The number of methoxy groups -OCH3 is 2. The van der Waals surface area contributed by atoms with E-state index in [1.165, 1.54) is 31.0 Å². The lowest BCUT2D eigenvalue weighted by molar-refractivity contribution is -0.142. The van der Waals surface area contributed by atoms with Crippen LogP contribution < -0.4 is 9.47 Å². The molecule has 2 aromatic rings. The van der Waals surface area contributed by atoms with Crippen LogP contribution in [0, 0.1) is 0 Å². The molecule has 1 atom stereocenters. The summed E-state index contributed by atoms with van der Waals surface area (Å²) in [6.07, 6.45) is 5.79. The van der Waals surface area contributed by atoms with Crippen molar-refractivity contribution in [3.63, 3.8) is 0 Å². The fraction of sp³-hybridized carbons (Fsp3) is 0.571. The van der Waals surface area contributed by atoms with Crippen LogP contribution in [0.2, 0.25) is 0 Å². The molecule has 1 aliphatic rings. The van der Waals surface area contributed by atoms with E-state index < -0.39 is 0 Å². The number of ether oxygens (including phenoxy) is 3. The molecule has 3 rings (SSSR count). The second-order valence-electron chi connectivity index (χ2n) is 7.05. The molecule has 1 saturated carbocycles. The SMILES string of the molecule is CCOC(=O)[C@@H](C)Sc1nnc(-c2ccc(OC)c(OC)c2)n1C1CCCCC1. The maximum absolute atomic E-state index is 12.1. The molecular formula is C21H29N3O4S. The summed E-state index contributed by atoms with van der Waals surface area (Å²) in [5.74, 6) is 1.88. The van der Waals surface area contributed by atoms with Gasteiger partial charge in [-0.05, 0) is 44.9 Å². The van der Waals surface area contributed by atoms with Crippen molar-refractivity contribution in [2.75, 3.05) is 20.8 Å². The Kier molecular flexibility index (Phi) is 7.41. The van der Waals surface area contributed by atoms with Crippen LogP contribution in [0.3, 0.4) is 0 Å². The number of esters is 1. The summed E-state index contributed by atoms with van der Waals surface area (Å²) < 4.78 is 18.2. The quantitative estimate of drug-likeness (QED) is 0.460. The third-order valence-electron chi connectivity index (χ3n) is 5.15. The van der Waals surface area contributed by atoms with Crippen LogP contribution >= 0.6 is 11.8 Å². The highest BCUT2D eigenvalue weighted by Crippen LogP contribution is 2.38. The summed E-state index contributed by atoms with van der Waals surface area (Å²) in [7, 11) is 3.24. The Labute approximate surface area is 176 Å². The van der Waals surface area contributed by atoms with Gasteiger partial charge in [0.15, 0.2) is 22.5 Å². The number of aromatic nitrogens is 3. The van der Waals surface area contributed by atoms with Crippen molar-refractivity contribution in [1.82, 2.24) is 14.8 Å². The lowest BCUT2D eigenvalue weighted by Gasteiger charge is -2.26. The first-order valence-electron chi connectivity index (χ1n) is 10.1. The van der Waals surface area contributed by atoms with Gasteiger partial charge in [0.05, 0.1) is 20.8 Å². The zero-order valence-corrected chi connectivity index (χ0v) is 18.3. The Morgan fingerprint density at radius 2 is 1.90 bits per heavy atom. The van der Waals surface area contributed by atoms with Crippen LogP contribution in [0.1, 0.15) is 52.0 Å². The van der Waals surface area contributed by atoms with Crippen LogP contribution in [0.15, 0.2) is 23.4 Å². The third kappa shape index (κ3) is 4.86. The smallest absolute Gasteiger partial charge is 0.319 e. The molecule has 0 saturated heterocycles. The molecule has 158 valence electrons. The van der Waals surface area contributed by atoms with Gasteiger partial charge in [-0.2, -0.15) is 0 Å². The molecule has 0 spiro atoms. The molecule has 0 aliphatic heterocycles. The van der Waals surface area contributed by atoms with Gasteiger partial charge in [0, 0.05) is 11.6 Å². The summed E-state index contributed by atoms with van der Waals surface area (Å²) in [4.78, 5) is 12.1. The van der Waals surface area contributed by atoms with E-state index in [1.54, 1.807) is 14.2 Å². The molecule has 0 amide bonds. The van der Waals surface area contributed by atoms with Gasteiger partial charge in [0.25, 0.3) is 0 Å². The summed E-state index contributed by atoms with van der Waals surface area (Å²) >= 11 is 1.40. The molecule has 1 heterocycles. The van der Waals surface area contributed by atoms with Crippen LogP contribution in [0.4, 0.5) is 0 Å². The fourth-order valence-electron chi connectivity index (χ4n) is 3.66. The number of thioether (sulfide) groups is 1. The average molecular weight is 420 g/mol. The lowest BCUT2D eigenvalue weighted by atomic mass is 9.95. The van der Waals surface area contributed by atoms with Crippen molar-refractivity contribution >= 4 is 17.7 Å². The predicted molar refractivity (Wildman–Crippen MR) is 113 cm³/mol. The van der Waals surface area contributed by atoms with Crippen LogP contribution in [0.5, 0.6) is 11.5 Å². The van der Waals surface area contributed by atoms with Gasteiger partial charge in [-0.25, -0.2) is 0 Å². The minimum atomic E-state index is -0.347. The van der Waals surface area contributed by atoms with Gasteiger partial charge in [0.2, 0.25) is 0 Å². The number of nitrogens with zero attached hydrogens (tertiary/aromatic N) is 3. The number of carbonyl (C=O) groups is 1. The largest absolute Gasteiger partial charge is 0.493 e. The highest BCUT2D eigenvalue weighted by molar-refractivity contribution is 8.00. The van der Waals surface area contributed by atoms with E-state index in [2.05, 4.69) is 14.8 Å². The predicted octanol–water partition coefficient (Wildman–Crippen LogP) is 4.51. The van der Waals surface area contributed by atoms with Crippen LogP contribution in [-0.2, 0) is 9.53 Å². The van der Waals surface area contributed by atoms with Gasteiger partial charge < -0.3 is 14.2 Å². The number of rotatable bonds is 8. The molecule has 1 aromatic carbocycles. The number of carbonyl (C=O) groups excluding carboxylic acids is 1. The Morgan fingerprint density at radius 1 is 1.17 bits per heavy atom. The molecular weight excluding hydrogens is 390 g/mol. The zero-order valence-electron chi connectivity index (χ0n) is 17.5. The van der Waals surface area contributed by atoms with E-state index in [-0.39, 0.29) is 11.2 Å². The topological polar surface area (TPSA) is 75.5 Å². The van der Waals surface area contributed by atoms with Gasteiger partial charge in [-0.1, -0.05) is 31.0 Å².